The first-order chi connectivity index (χ1) is 29.6. The van der Waals surface area contributed by atoms with Crippen LogP contribution < -0.4 is 5.73 Å². The molecule has 0 spiro atoms. The highest BCUT2D eigenvalue weighted by Crippen LogP contribution is 2.43. The number of nitrogens with two attached hydrogens (primary N) is 1. The molecule has 0 aliphatic heterocycles. The lowest BCUT2D eigenvalue weighted by atomic mass is 10.0. The zero-order valence-electron chi connectivity index (χ0n) is 38.8. The molecule has 12 heteroatoms. The van der Waals surface area contributed by atoms with Crippen LogP contribution in [-0.4, -0.2) is 59.9 Å². The molecule has 0 radical (unpaired) electrons. The van der Waals surface area contributed by atoms with Crippen LogP contribution in [0.1, 0.15) is 226 Å². The summed E-state index contributed by atoms with van der Waals surface area (Å²) in [4.78, 5) is 46.1. The topological polar surface area (TPSA) is 172 Å². The first-order valence-electron chi connectivity index (χ1n) is 24.5. The van der Waals surface area contributed by atoms with Gasteiger partial charge in [0.15, 0.2) is 6.10 Å². The Kier molecular flexibility index (Phi) is 42.6. The number of hydrogen-bond acceptors (Lipinski definition) is 9. The summed E-state index contributed by atoms with van der Waals surface area (Å²) in [6, 6.07) is -1.52. The minimum atomic E-state index is -4.72. The standard InChI is InChI=1S/C49H90NO10P/c1-3-5-7-9-11-13-15-17-19-21-23-25-27-29-31-33-35-37-39-41-48(52)60-45(43-58-61(55,56)59-44-46(50)49(53)54)42-57-47(51)40-38-36-34-32-30-28-26-24-22-20-18-16-14-12-10-8-6-4-2/h11,13,17,19,23,25,45-46H,3-10,12,14-16,18,20-22,24,26-44,50H2,1-2H3,(H,53,54)(H,55,56)/b13-11-,19-17-,25-23-. The molecule has 0 aromatic carbocycles. The number of hydrogen-bond donors (Lipinski definition) is 3. The van der Waals surface area contributed by atoms with Crippen molar-refractivity contribution >= 4 is 25.7 Å². The van der Waals surface area contributed by atoms with Gasteiger partial charge >= 0.3 is 25.7 Å². The second-order valence-corrected chi connectivity index (χ2v) is 18.1. The number of aliphatic carboxylic acids is 1. The molecule has 4 N–H and O–H groups in total. The average molecular weight is 884 g/mol. The molecule has 3 unspecified atom stereocenters. The van der Waals surface area contributed by atoms with Crippen molar-refractivity contribution in [1.29, 1.82) is 0 Å². The third-order valence-electron chi connectivity index (χ3n) is 10.6. The van der Waals surface area contributed by atoms with Crippen molar-refractivity contribution in [3.05, 3.63) is 36.5 Å². The van der Waals surface area contributed by atoms with E-state index in [1.54, 1.807) is 0 Å². The number of allylic oxidation sites excluding steroid dienone is 6. The molecule has 0 aliphatic carbocycles. The van der Waals surface area contributed by atoms with Gasteiger partial charge in [-0.2, -0.15) is 0 Å². The smallest absolute Gasteiger partial charge is 0.472 e. The maximum absolute atomic E-state index is 12.7. The molecule has 0 fully saturated rings. The summed E-state index contributed by atoms with van der Waals surface area (Å²) in [5.74, 6) is -2.38. The van der Waals surface area contributed by atoms with Crippen LogP contribution in [0.5, 0.6) is 0 Å². The van der Waals surface area contributed by atoms with Crippen LogP contribution >= 0.6 is 7.82 Å². The van der Waals surface area contributed by atoms with Gasteiger partial charge in [-0.1, -0.05) is 198 Å². The molecule has 0 aliphatic rings. The van der Waals surface area contributed by atoms with E-state index in [2.05, 4.69) is 54.8 Å². The van der Waals surface area contributed by atoms with Gasteiger partial charge in [0.2, 0.25) is 0 Å². The highest BCUT2D eigenvalue weighted by molar-refractivity contribution is 7.47. The Labute approximate surface area is 372 Å². The van der Waals surface area contributed by atoms with Crippen LogP contribution in [0.25, 0.3) is 0 Å². The highest BCUT2D eigenvalue weighted by atomic mass is 31.2. The van der Waals surface area contributed by atoms with E-state index in [0.717, 1.165) is 70.6 Å². The average Bonchev–Trinajstić information content (AvgIpc) is 3.24. The number of carboxylic acids is 1. The van der Waals surface area contributed by atoms with E-state index in [1.807, 2.05) is 0 Å². The van der Waals surface area contributed by atoms with Gasteiger partial charge in [-0.15, -0.1) is 0 Å². The molecule has 0 rings (SSSR count). The van der Waals surface area contributed by atoms with Crippen molar-refractivity contribution in [2.45, 2.75) is 238 Å². The van der Waals surface area contributed by atoms with Crippen molar-refractivity contribution in [3.63, 3.8) is 0 Å². The number of ether oxygens (including phenoxy) is 2. The van der Waals surface area contributed by atoms with Crippen LogP contribution in [-0.2, 0) is 37.5 Å². The lowest BCUT2D eigenvalue weighted by Crippen LogP contribution is -2.34. The van der Waals surface area contributed by atoms with Gasteiger partial charge < -0.3 is 25.2 Å². The van der Waals surface area contributed by atoms with E-state index < -0.39 is 51.1 Å². The number of carboxylic acid groups (broad SMARTS) is 1. The fourth-order valence-electron chi connectivity index (χ4n) is 6.78. The number of carbonyl (C=O) groups is 3. The van der Waals surface area contributed by atoms with E-state index in [-0.39, 0.29) is 19.4 Å². The monoisotopic (exact) mass is 884 g/mol. The molecule has 61 heavy (non-hydrogen) atoms. The van der Waals surface area contributed by atoms with E-state index in [1.165, 1.54) is 116 Å². The van der Waals surface area contributed by atoms with Gasteiger partial charge in [0.1, 0.15) is 12.6 Å². The number of esters is 2. The summed E-state index contributed by atoms with van der Waals surface area (Å²) < 4.78 is 32.8. The molecule has 11 nitrogen and oxygen atoms in total. The summed E-state index contributed by atoms with van der Waals surface area (Å²) in [6.07, 6.45) is 49.1. The largest absolute Gasteiger partial charge is 0.480 e. The maximum Gasteiger partial charge on any atom is 0.472 e. The second kappa shape index (κ2) is 44.3. The van der Waals surface area contributed by atoms with Gasteiger partial charge in [0.05, 0.1) is 13.2 Å². The predicted molar refractivity (Wildman–Crippen MR) is 249 cm³/mol. The zero-order valence-corrected chi connectivity index (χ0v) is 39.7. The van der Waals surface area contributed by atoms with Gasteiger partial charge in [0, 0.05) is 12.8 Å². The fraction of sp³-hybridized carbons (Fsp3) is 0.816. The molecule has 356 valence electrons. The van der Waals surface area contributed by atoms with Crippen molar-refractivity contribution < 1.29 is 47.5 Å². The number of unbranched alkanes of at least 4 members (excludes halogenated alkanes) is 26. The quantitative estimate of drug-likeness (QED) is 0.0230. The minimum absolute atomic E-state index is 0.148. The predicted octanol–water partition coefficient (Wildman–Crippen LogP) is 13.6. The van der Waals surface area contributed by atoms with Gasteiger partial charge in [-0.25, -0.2) is 4.57 Å². The van der Waals surface area contributed by atoms with E-state index in [0.29, 0.717) is 12.8 Å². The number of phosphoric ester groups is 1. The summed E-state index contributed by atoms with van der Waals surface area (Å²) in [6.45, 7) is 2.80. The van der Waals surface area contributed by atoms with Gasteiger partial charge in [-0.3, -0.25) is 23.4 Å². The lowest BCUT2D eigenvalue weighted by molar-refractivity contribution is -0.161. The van der Waals surface area contributed by atoms with Gasteiger partial charge in [-0.05, 0) is 51.4 Å². The molecule has 0 aromatic rings. The zero-order chi connectivity index (χ0) is 44.9. The Morgan fingerprint density at radius 2 is 0.869 bits per heavy atom. The molecule has 0 bridgehead atoms. The van der Waals surface area contributed by atoms with E-state index >= 15 is 0 Å². The molecular formula is C49H90NO10P. The Morgan fingerprint density at radius 1 is 0.508 bits per heavy atom. The third-order valence-corrected chi connectivity index (χ3v) is 11.6. The first kappa shape index (κ1) is 58.7. The Hall–Kier alpha value is -2.30. The molecule has 0 saturated carbocycles. The Bertz CT molecular complexity index is 1180. The molecule has 3 atom stereocenters. The van der Waals surface area contributed by atoms with Crippen LogP contribution in [0.4, 0.5) is 0 Å². The summed E-state index contributed by atoms with van der Waals surface area (Å²) >= 11 is 0. The van der Waals surface area contributed by atoms with Crippen LogP contribution in [0, 0.1) is 0 Å². The molecule has 0 aromatic heterocycles. The normalized spacial score (nSPS) is 13.9. The first-order valence-corrected chi connectivity index (χ1v) is 26.0. The summed E-state index contributed by atoms with van der Waals surface area (Å²) in [7, 11) is -4.72. The Morgan fingerprint density at radius 3 is 1.33 bits per heavy atom. The van der Waals surface area contributed by atoms with Crippen molar-refractivity contribution in [1.82, 2.24) is 0 Å². The van der Waals surface area contributed by atoms with Crippen LogP contribution in [0.2, 0.25) is 0 Å². The second-order valence-electron chi connectivity index (χ2n) is 16.6. The molecular weight excluding hydrogens is 794 g/mol. The SMILES string of the molecule is CCCCC/C=C\C/C=C\C/C=C\CCCCCCCCC(=O)OC(COC(=O)CCCCCCCCCCCCCCCCCCCC)COP(=O)(O)OCC(N)C(=O)O. The van der Waals surface area contributed by atoms with E-state index in [4.69, 9.17) is 24.8 Å². The van der Waals surface area contributed by atoms with Crippen molar-refractivity contribution in [3.8, 4) is 0 Å². The maximum atomic E-state index is 12.7. The van der Waals surface area contributed by atoms with E-state index in [9.17, 15) is 23.8 Å². The lowest BCUT2D eigenvalue weighted by Gasteiger charge is -2.20. The summed E-state index contributed by atoms with van der Waals surface area (Å²) in [5.41, 5.74) is 5.35. The molecule has 0 saturated heterocycles. The highest BCUT2D eigenvalue weighted by Gasteiger charge is 2.28. The van der Waals surface area contributed by atoms with Crippen molar-refractivity contribution in [2.75, 3.05) is 19.8 Å². The number of phosphoric acid groups is 1. The molecule has 0 amide bonds. The third kappa shape index (κ3) is 44.1. The van der Waals surface area contributed by atoms with Crippen molar-refractivity contribution in [2.24, 2.45) is 5.73 Å². The van der Waals surface area contributed by atoms with Gasteiger partial charge in [0.25, 0.3) is 0 Å². The summed E-state index contributed by atoms with van der Waals surface area (Å²) in [5, 5.41) is 8.91. The number of carbonyl (C=O) groups excluding carboxylic acids is 2. The molecule has 0 heterocycles. The number of rotatable bonds is 46. The van der Waals surface area contributed by atoms with Crippen LogP contribution in [0.15, 0.2) is 36.5 Å². The fourth-order valence-corrected chi connectivity index (χ4v) is 7.56. The minimum Gasteiger partial charge on any atom is -0.480 e. The van der Waals surface area contributed by atoms with Crippen LogP contribution in [0.3, 0.4) is 0 Å². The Balaban J connectivity index is 4.29.